The van der Waals surface area contributed by atoms with Gasteiger partial charge in [-0.3, -0.25) is 0 Å². The molecule has 2 rings (SSSR count). The van der Waals surface area contributed by atoms with Crippen molar-refractivity contribution in [2.75, 3.05) is 31.2 Å². The average Bonchev–Trinajstić information content (AvgIpc) is 2.49. The van der Waals surface area contributed by atoms with Gasteiger partial charge in [-0.1, -0.05) is 24.0 Å². The zero-order valence-electron chi connectivity index (χ0n) is 11.1. The molecule has 108 valence electrons. The van der Waals surface area contributed by atoms with E-state index in [2.05, 4.69) is 11.8 Å². The second kappa shape index (κ2) is 7.14. The topological polar surface area (TPSA) is 57.6 Å². The smallest absolute Gasteiger partial charge is 0.244 e. The van der Waals surface area contributed by atoms with Gasteiger partial charge in [0, 0.05) is 36.6 Å². The van der Waals surface area contributed by atoms with Gasteiger partial charge in [0.05, 0.1) is 11.5 Å². The molecular weight excluding hydrogens is 294 g/mol. The number of aliphatic hydroxyl groups is 1. The van der Waals surface area contributed by atoms with Crippen LogP contribution >= 0.6 is 11.8 Å². The summed E-state index contributed by atoms with van der Waals surface area (Å²) in [5.41, 5.74) is 0.499. The molecule has 1 N–H and O–H groups in total. The number of rotatable bonds is 3. The van der Waals surface area contributed by atoms with Gasteiger partial charge >= 0.3 is 0 Å². The van der Waals surface area contributed by atoms with Crippen LogP contribution in [0.1, 0.15) is 12.0 Å². The minimum Gasteiger partial charge on any atom is -0.395 e. The van der Waals surface area contributed by atoms with Crippen LogP contribution in [0.4, 0.5) is 0 Å². The van der Waals surface area contributed by atoms with E-state index in [9.17, 15) is 8.42 Å². The Hall–Kier alpha value is -1.00. The molecular formula is C14H17NO3S2. The number of benzene rings is 1. The number of hydrogen-bond donors (Lipinski definition) is 1. The first-order valence-corrected chi connectivity index (χ1v) is 9.02. The summed E-state index contributed by atoms with van der Waals surface area (Å²) in [5.74, 6) is 7.28. The molecule has 1 saturated heterocycles. The van der Waals surface area contributed by atoms with Gasteiger partial charge in [-0.05, 0) is 12.1 Å². The van der Waals surface area contributed by atoms with Crippen LogP contribution in [0.15, 0.2) is 29.2 Å². The minimum absolute atomic E-state index is 0.0226. The second-order valence-electron chi connectivity index (χ2n) is 4.29. The van der Waals surface area contributed by atoms with Gasteiger partial charge in [-0.15, -0.1) is 0 Å². The summed E-state index contributed by atoms with van der Waals surface area (Å²) in [6, 6.07) is 6.78. The molecule has 0 saturated carbocycles. The van der Waals surface area contributed by atoms with E-state index in [1.807, 2.05) is 0 Å². The summed E-state index contributed by atoms with van der Waals surface area (Å²) in [6.45, 7) is 1.07. The predicted molar refractivity (Wildman–Crippen MR) is 81.1 cm³/mol. The van der Waals surface area contributed by atoms with E-state index in [-0.39, 0.29) is 11.5 Å². The third-order valence-electron chi connectivity index (χ3n) is 2.93. The Morgan fingerprint density at radius 3 is 2.65 bits per heavy atom. The molecule has 6 heteroatoms. The first kappa shape index (κ1) is 15.4. The molecule has 1 aliphatic heterocycles. The van der Waals surface area contributed by atoms with E-state index in [4.69, 9.17) is 5.11 Å². The molecule has 20 heavy (non-hydrogen) atoms. The van der Waals surface area contributed by atoms with E-state index >= 15 is 0 Å². The molecule has 0 spiro atoms. The highest BCUT2D eigenvalue weighted by Crippen LogP contribution is 2.22. The van der Waals surface area contributed by atoms with Crippen LogP contribution in [0.5, 0.6) is 0 Å². The molecule has 1 aromatic carbocycles. The molecule has 4 nitrogen and oxygen atoms in total. The largest absolute Gasteiger partial charge is 0.395 e. The number of sulfonamides is 1. The quantitative estimate of drug-likeness (QED) is 0.851. The molecule has 1 heterocycles. The lowest BCUT2D eigenvalue weighted by molar-refractivity contribution is 0.305. The molecule has 0 atom stereocenters. The van der Waals surface area contributed by atoms with Crippen molar-refractivity contribution in [1.82, 2.24) is 4.31 Å². The van der Waals surface area contributed by atoms with Crippen molar-refractivity contribution >= 4 is 21.8 Å². The molecule has 0 aromatic heterocycles. The summed E-state index contributed by atoms with van der Waals surface area (Å²) in [5, 5.41) is 8.75. The molecule has 1 fully saturated rings. The normalized spacial score (nSPS) is 16.4. The van der Waals surface area contributed by atoms with Gasteiger partial charge in [-0.25, -0.2) is 8.42 Å². The highest BCUT2D eigenvalue weighted by atomic mass is 32.2. The fraction of sp³-hybridized carbons (Fsp3) is 0.429. The van der Waals surface area contributed by atoms with Crippen LogP contribution in [0.3, 0.4) is 0 Å². The molecule has 0 radical (unpaired) electrons. The standard InChI is InChI=1S/C14H17NO3S2/c16-10-4-3-6-13-5-1-2-7-14(13)20(17,18)15-8-11-19-12-9-15/h1-2,5,7,16H,4,8-12H2. The van der Waals surface area contributed by atoms with Gasteiger partial charge in [0.1, 0.15) is 0 Å². The monoisotopic (exact) mass is 311 g/mol. The van der Waals surface area contributed by atoms with E-state index in [0.29, 0.717) is 25.1 Å². The SMILES string of the molecule is O=S(=O)(c1ccccc1C#CCCO)N1CCSCC1. The van der Waals surface area contributed by atoms with Crippen molar-refractivity contribution in [3.05, 3.63) is 29.8 Å². The second-order valence-corrected chi connectivity index (χ2v) is 7.42. The fourth-order valence-corrected chi connectivity index (χ4v) is 4.66. The van der Waals surface area contributed by atoms with Gasteiger partial charge < -0.3 is 5.11 Å². The maximum Gasteiger partial charge on any atom is 0.244 e. The Morgan fingerprint density at radius 2 is 1.95 bits per heavy atom. The van der Waals surface area contributed by atoms with Crippen LogP contribution in [0.25, 0.3) is 0 Å². The Kier molecular flexibility index (Phi) is 5.49. The Morgan fingerprint density at radius 1 is 1.25 bits per heavy atom. The van der Waals surface area contributed by atoms with Crippen molar-refractivity contribution in [3.63, 3.8) is 0 Å². The van der Waals surface area contributed by atoms with Crippen LogP contribution in [0, 0.1) is 11.8 Å². The van der Waals surface area contributed by atoms with Gasteiger partial charge in [-0.2, -0.15) is 16.1 Å². The number of aliphatic hydroxyl groups excluding tert-OH is 1. The van der Waals surface area contributed by atoms with Crippen LogP contribution in [0.2, 0.25) is 0 Å². The molecule has 0 aliphatic carbocycles. The van der Waals surface area contributed by atoms with Crippen molar-refractivity contribution in [3.8, 4) is 11.8 Å². The summed E-state index contributed by atoms with van der Waals surface area (Å²) in [7, 11) is -3.47. The van der Waals surface area contributed by atoms with E-state index < -0.39 is 10.0 Å². The summed E-state index contributed by atoms with van der Waals surface area (Å²) >= 11 is 1.77. The first-order valence-electron chi connectivity index (χ1n) is 6.43. The Labute approximate surface area is 124 Å². The zero-order chi connectivity index (χ0) is 14.4. The number of thioether (sulfide) groups is 1. The van der Waals surface area contributed by atoms with Crippen molar-refractivity contribution in [1.29, 1.82) is 0 Å². The maximum absolute atomic E-state index is 12.6. The van der Waals surface area contributed by atoms with Crippen LogP contribution < -0.4 is 0 Å². The molecule has 0 unspecified atom stereocenters. The summed E-state index contributed by atoms with van der Waals surface area (Å²) in [6.07, 6.45) is 0.342. The number of nitrogens with zero attached hydrogens (tertiary/aromatic N) is 1. The lowest BCUT2D eigenvalue weighted by atomic mass is 10.2. The summed E-state index contributed by atoms with van der Waals surface area (Å²) < 4.78 is 26.8. The molecule has 1 aromatic rings. The lowest BCUT2D eigenvalue weighted by Gasteiger charge is -2.26. The molecule has 0 amide bonds. The lowest BCUT2D eigenvalue weighted by Crippen LogP contribution is -2.38. The maximum atomic E-state index is 12.6. The molecule has 1 aliphatic rings. The fourth-order valence-electron chi connectivity index (χ4n) is 1.93. The Bertz CT molecular complexity index is 611. The van der Waals surface area contributed by atoms with Gasteiger partial charge in [0.2, 0.25) is 10.0 Å². The van der Waals surface area contributed by atoms with Crippen molar-refractivity contribution < 1.29 is 13.5 Å². The number of hydrogen-bond acceptors (Lipinski definition) is 4. The minimum atomic E-state index is -3.47. The average molecular weight is 311 g/mol. The van der Waals surface area contributed by atoms with E-state index in [1.165, 1.54) is 4.31 Å². The highest BCUT2D eigenvalue weighted by Gasteiger charge is 2.27. The van der Waals surface area contributed by atoms with Gasteiger partial charge in [0.25, 0.3) is 0 Å². The predicted octanol–water partition coefficient (Wildman–Crippen LogP) is 1.16. The zero-order valence-corrected chi connectivity index (χ0v) is 12.7. The molecule has 0 bridgehead atoms. The first-order chi connectivity index (χ1) is 9.66. The third kappa shape index (κ3) is 3.55. The summed E-state index contributed by atoms with van der Waals surface area (Å²) in [4.78, 5) is 0.261. The van der Waals surface area contributed by atoms with Crippen molar-refractivity contribution in [2.45, 2.75) is 11.3 Å². The van der Waals surface area contributed by atoms with E-state index in [1.54, 1.807) is 36.0 Å². The van der Waals surface area contributed by atoms with Crippen molar-refractivity contribution in [2.24, 2.45) is 0 Å². The third-order valence-corrected chi connectivity index (χ3v) is 5.83. The van der Waals surface area contributed by atoms with E-state index in [0.717, 1.165) is 11.5 Å². The van der Waals surface area contributed by atoms with Gasteiger partial charge in [0.15, 0.2) is 0 Å². The van der Waals surface area contributed by atoms with Crippen LogP contribution in [-0.2, 0) is 10.0 Å². The highest BCUT2D eigenvalue weighted by molar-refractivity contribution is 7.99. The van der Waals surface area contributed by atoms with Crippen LogP contribution in [-0.4, -0.2) is 49.0 Å². The Balaban J connectivity index is 2.34.